The second kappa shape index (κ2) is 9.39. The van der Waals surface area contributed by atoms with Crippen molar-refractivity contribution in [3.8, 4) is 0 Å². The minimum Gasteiger partial charge on any atom is -0.480 e. The van der Waals surface area contributed by atoms with Crippen LogP contribution in [0.3, 0.4) is 0 Å². The number of aromatic amines is 1. The number of hydrogen-bond donors (Lipinski definition) is 6. The highest BCUT2D eigenvalue weighted by Gasteiger charge is 2.06. The largest absolute Gasteiger partial charge is 0.480 e. The average molecular weight is 386 g/mol. The molecule has 1 heterocycles. The summed E-state index contributed by atoms with van der Waals surface area (Å²) in [6.07, 6.45) is 0. The Balaban J connectivity index is 0.000000223. The van der Waals surface area contributed by atoms with Crippen LogP contribution in [0.25, 0.3) is 21.8 Å². The summed E-state index contributed by atoms with van der Waals surface area (Å²) in [5, 5.41) is 10.6. The lowest BCUT2D eigenvalue weighted by atomic mass is 10.2. The van der Waals surface area contributed by atoms with Gasteiger partial charge in [-0.25, -0.2) is 0 Å². The number of fused-ring (bicyclic) bond motifs is 3. The number of hydrogen-bond acceptors (Lipinski definition) is 5. The molecule has 1 unspecified atom stereocenters. The molecule has 0 radical (unpaired) electrons. The number of nitrogens with two attached hydrogens (primary N) is 1. The van der Waals surface area contributed by atoms with E-state index in [1.54, 1.807) is 0 Å². The summed E-state index contributed by atoms with van der Waals surface area (Å²) in [6.45, 7) is 0. The molecule has 0 aliphatic heterocycles. The number of carbonyl (C=O) groups is 1. The number of H-pyrrole nitrogens is 1. The molecule has 1 aromatic heterocycles. The van der Waals surface area contributed by atoms with Gasteiger partial charge in [0.1, 0.15) is 6.04 Å². The standard InChI is InChI=1S/C12H9N.C3H7NO2S.H2O4S/c1-3-7-11-9(5-1)10-6-2-4-8-12(10)13-11;4-2(1-7)3(5)6;1-5(2,3)4/h1-8,13H;2,7H,1,4H2,(H,5,6);(H2,1,2,3,4). The van der Waals surface area contributed by atoms with Gasteiger partial charge >= 0.3 is 16.4 Å². The van der Waals surface area contributed by atoms with E-state index >= 15 is 0 Å². The van der Waals surface area contributed by atoms with Gasteiger partial charge in [-0.15, -0.1) is 0 Å². The summed E-state index contributed by atoms with van der Waals surface area (Å²) >= 11 is 3.65. The number of thiol groups is 1. The summed E-state index contributed by atoms with van der Waals surface area (Å²) in [5.41, 5.74) is 7.36. The lowest BCUT2D eigenvalue weighted by molar-refractivity contribution is -0.137. The monoisotopic (exact) mass is 386 g/mol. The average Bonchev–Trinajstić information content (AvgIpc) is 2.91. The summed E-state index contributed by atoms with van der Waals surface area (Å²) in [7, 11) is -4.67. The van der Waals surface area contributed by atoms with Crippen LogP contribution < -0.4 is 5.73 Å². The Morgan fingerprint density at radius 3 is 1.68 bits per heavy atom. The van der Waals surface area contributed by atoms with E-state index in [1.807, 2.05) is 0 Å². The van der Waals surface area contributed by atoms with Crippen LogP contribution >= 0.6 is 12.6 Å². The van der Waals surface area contributed by atoms with Crippen molar-refractivity contribution in [2.45, 2.75) is 6.04 Å². The van der Waals surface area contributed by atoms with Gasteiger partial charge < -0.3 is 15.8 Å². The fraction of sp³-hybridized carbons (Fsp3) is 0.133. The molecule has 0 aliphatic rings. The molecule has 1 atom stereocenters. The first kappa shape index (κ1) is 20.9. The smallest absolute Gasteiger partial charge is 0.394 e. The first-order valence-corrected chi connectivity index (χ1v) is 8.91. The Morgan fingerprint density at radius 2 is 1.40 bits per heavy atom. The van der Waals surface area contributed by atoms with Crippen LogP contribution in [0.5, 0.6) is 0 Å². The van der Waals surface area contributed by atoms with Crippen molar-refractivity contribution in [2.75, 3.05) is 5.75 Å². The molecule has 10 heteroatoms. The molecule has 3 aromatic rings. The quantitative estimate of drug-likeness (QED) is 0.291. The highest BCUT2D eigenvalue weighted by Crippen LogP contribution is 2.24. The van der Waals surface area contributed by atoms with Gasteiger partial charge in [-0.2, -0.15) is 21.0 Å². The van der Waals surface area contributed by atoms with E-state index in [1.165, 1.54) is 21.8 Å². The Kier molecular flexibility index (Phi) is 7.87. The maximum absolute atomic E-state index is 9.76. The fourth-order valence-corrected chi connectivity index (χ4v) is 2.03. The Morgan fingerprint density at radius 1 is 1.04 bits per heavy atom. The Bertz CT molecular complexity index is 881. The SMILES string of the molecule is NC(CS)C(=O)O.O=S(=O)(O)O.c1ccc2c(c1)[nH]c1ccccc12. The molecule has 2 aromatic carbocycles. The van der Waals surface area contributed by atoms with Crippen molar-refractivity contribution >= 4 is 50.8 Å². The normalized spacial score (nSPS) is 11.8. The van der Waals surface area contributed by atoms with Gasteiger partial charge in [0, 0.05) is 27.6 Å². The Labute approximate surface area is 149 Å². The molecule has 8 nitrogen and oxygen atoms in total. The predicted molar refractivity (Wildman–Crippen MR) is 99.4 cm³/mol. The summed E-state index contributed by atoms with van der Waals surface area (Å²) in [6, 6.07) is 15.9. The first-order chi connectivity index (χ1) is 11.6. The number of aromatic nitrogens is 1. The van der Waals surface area contributed by atoms with Crippen molar-refractivity contribution in [3.05, 3.63) is 48.5 Å². The topological polar surface area (TPSA) is 154 Å². The van der Waals surface area contributed by atoms with E-state index in [4.69, 9.17) is 28.4 Å². The third kappa shape index (κ3) is 7.54. The van der Waals surface area contributed by atoms with Crippen molar-refractivity contribution in [3.63, 3.8) is 0 Å². The van der Waals surface area contributed by atoms with Crippen LogP contribution in [-0.2, 0) is 15.2 Å². The molecule has 0 aliphatic carbocycles. The van der Waals surface area contributed by atoms with Crippen molar-refractivity contribution in [1.29, 1.82) is 0 Å². The van der Waals surface area contributed by atoms with Crippen molar-refractivity contribution in [2.24, 2.45) is 5.73 Å². The molecule has 0 spiro atoms. The Hall–Kier alpha value is -2.11. The van der Waals surface area contributed by atoms with Crippen LogP contribution in [0.1, 0.15) is 0 Å². The molecule has 25 heavy (non-hydrogen) atoms. The zero-order valence-corrected chi connectivity index (χ0v) is 14.6. The van der Waals surface area contributed by atoms with Crippen LogP contribution in [0.15, 0.2) is 48.5 Å². The lowest BCUT2D eigenvalue weighted by Gasteiger charge is -1.96. The maximum Gasteiger partial charge on any atom is 0.394 e. The minimum atomic E-state index is -4.67. The van der Waals surface area contributed by atoms with Gasteiger partial charge in [0.15, 0.2) is 0 Å². The second-order valence-corrected chi connectivity index (χ2v) is 6.05. The molecule has 0 fully saturated rings. The van der Waals surface area contributed by atoms with Crippen LogP contribution in [0.2, 0.25) is 0 Å². The van der Waals surface area contributed by atoms with Gasteiger partial charge in [-0.3, -0.25) is 13.9 Å². The second-order valence-electron chi connectivity index (χ2n) is 4.79. The van der Waals surface area contributed by atoms with Gasteiger partial charge in [0.25, 0.3) is 0 Å². The maximum atomic E-state index is 9.76. The van der Waals surface area contributed by atoms with E-state index in [9.17, 15) is 4.79 Å². The number of nitrogens with one attached hydrogen (secondary N) is 1. The highest BCUT2D eigenvalue weighted by molar-refractivity contribution is 7.80. The number of carboxylic acid groups (broad SMARTS) is 1. The number of aliphatic carboxylic acids is 1. The molecule has 6 N–H and O–H groups in total. The van der Waals surface area contributed by atoms with Crippen LogP contribution in [-0.4, -0.2) is 45.4 Å². The van der Waals surface area contributed by atoms with E-state index in [2.05, 4.69) is 66.1 Å². The third-order valence-corrected chi connectivity index (χ3v) is 3.32. The fourth-order valence-electron chi connectivity index (χ4n) is 1.88. The molecule has 3 rings (SSSR count). The van der Waals surface area contributed by atoms with E-state index in [0.29, 0.717) is 0 Å². The first-order valence-electron chi connectivity index (χ1n) is 6.88. The van der Waals surface area contributed by atoms with Crippen molar-refractivity contribution in [1.82, 2.24) is 4.98 Å². The minimum absolute atomic E-state index is 0.190. The molecular weight excluding hydrogens is 368 g/mol. The van der Waals surface area contributed by atoms with Gasteiger partial charge in [0.05, 0.1) is 0 Å². The molecule has 0 amide bonds. The van der Waals surface area contributed by atoms with E-state index in [-0.39, 0.29) is 5.75 Å². The number of rotatable bonds is 2. The van der Waals surface area contributed by atoms with Gasteiger partial charge in [-0.05, 0) is 12.1 Å². The lowest BCUT2D eigenvalue weighted by Crippen LogP contribution is -2.31. The summed E-state index contributed by atoms with van der Waals surface area (Å²) < 4.78 is 31.6. The number of para-hydroxylation sites is 2. The predicted octanol–water partition coefficient (Wildman–Crippen LogP) is 2.00. The molecule has 0 saturated carbocycles. The van der Waals surface area contributed by atoms with E-state index in [0.717, 1.165) is 0 Å². The number of benzene rings is 2. The molecule has 136 valence electrons. The highest BCUT2D eigenvalue weighted by atomic mass is 32.3. The molecule has 0 saturated heterocycles. The van der Waals surface area contributed by atoms with Crippen molar-refractivity contribution < 1.29 is 27.4 Å². The van der Waals surface area contributed by atoms with Gasteiger partial charge in [0.2, 0.25) is 0 Å². The number of carboxylic acids is 1. The van der Waals surface area contributed by atoms with Gasteiger partial charge in [-0.1, -0.05) is 36.4 Å². The molecular formula is C15H18N2O6S2. The van der Waals surface area contributed by atoms with E-state index < -0.39 is 22.4 Å². The zero-order chi connectivity index (χ0) is 19.0. The van der Waals surface area contributed by atoms with Crippen LogP contribution in [0, 0.1) is 0 Å². The zero-order valence-electron chi connectivity index (χ0n) is 12.9. The third-order valence-electron chi connectivity index (χ3n) is 2.93. The summed E-state index contributed by atoms with van der Waals surface area (Å²) in [4.78, 5) is 13.1. The molecule has 0 bridgehead atoms. The summed E-state index contributed by atoms with van der Waals surface area (Å²) in [5.74, 6) is -0.815. The van der Waals surface area contributed by atoms with Crippen LogP contribution in [0.4, 0.5) is 0 Å².